The van der Waals surface area contributed by atoms with Crippen LogP contribution >= 0.6 is 0 Å². The molecule has 0 radical (unpaired) electrons. The number of nitrogens with zero attached hydrogens (tertiary/aromatic N) is 3. The first-order valence-electron chi connectivity index (χ1n) is 18.4. The minimum Gasteiger partial charge on any atom is -0.456 e. The Bertz CT molecular complexity index is 2830. The summed E-state index contributed by atoms with van der Waals surface area (Å²) in [7, 11) is 0. The summed E-state index contributed by atoms with van der Waals surface area (Å²) < 4.78 is 47.1. The van der Waals surface area contributed by atoms with Crippen molar-refractivity contribution < 1.29 is 11.3 Å². The van der Waals surface area contributed by atoms with E-state index in [4.69, 9.17) is 26.2 Å². The molecule has 230 valence electrons. The summed E-state index contributed by atoms with van der Waals surface area (Å²) in [6.45, 7) is 0. The van der Waals surface area contributed by atoms with E-state index in [-0.39, 0.29) is 29.7 Å². The number of furan rings is 1. The summed E-state index contributed by atoms with van der Waals surface area (Å²) >= 11 is 0. The third-order valence-electron chi connectivity index (χ3n) is 8.65. The van der Waals surface area contributed by atoms with Crippen LogP contribution in [0.3, 0.4) is 0 Å². The van der Waals surface area contributed by atoms with E-state index in [0.29, 0.717) is 23.0 Å². The molecule has 2 heterocycles. The van der Waals surface area contributed by atoms with Crippen LogP contribution in [0.2, 0.25) is 0 Å². The molecule has 0 spiro atoms. The summed E-state index contributed by atoms with van der Waals surface area (Å²) in [6, 6.07) is 46.2. The van der Waals surface area contributed by atoms with Gasteiger partial charge in [-0.25, -0.2) is 15.0 Å². The molecule has 4 nitrogen and oxygen atoms in total. The molecule has 7 aromatic carbocycles. The van der Waals surface area contributed by atoms with Crippen LogP contribution < -0.4 is 0 Å². The lowest BCUT2D eigenvalue weighted by atomic mass is 9.99. The van der Waals surface area contributed by atoms with Crippen LogP contribution in [0.25, 0.3) is 89.5 Å². The molecule has 9 aromatic rings. The van der Waals surface area contributed by atoms with Gasteiger partial charge < -0.3 is 4.42 Å². The van der Waals surface area contributed by atoms with Crippen LogP contribution in [-0.4, -0.2) is 15.0 Å². The highest BCUT2D eigenvalue weighted by Gasteiger charge is 2.15. The third kappa shape index (κ3) is 5.56. The number of benzene rings is 7. The summed E-state index contributed by atoms with van der Waals surface area (Å²) in [5, 5.41) is 1.84. The number of fused-ring (bicyclic) bond motifs is 3. The number of hydrogen-bond donors (Lipinski definition) is 0. The Hall–Kier alpha value is -6.65. The second kappa shape index (κ2) is 12.2. The van der Waals surface area contributed by atoms with Crippen molar-refractivity contribution in [1.29, 1.82) is 0 Å². The van der Waals surface area contributed by atoms with Crippen molar-refractivity contribution in [2.75, 3.05) is 0 Å². The van der Waals surface area contributed by atoms with Crippen molar-refractivity contribution >= 4 is 21.9 Å². The average molecular weight is 633 g/mol. The molecule has 0 bridgehead atoms. The number of aromatic nitrogens is 3. The fraction of sp³-hybridized carbons (Fsp3) is 0. The molecule has 49 heavy (non-hydrogen) atoms. The molecule has 0 aliphatic rings. The van der Waals surface area contributed by atoms with Gasteiger partial charge in [0.2, 0.25) is 0 Å². The van der Waals surface area contributed by atoms with Gasteiger partial charge in [0.1, 0.15) is 11.2 Å². The zero-order chi connectivity index (χ0) is 36.9. The molecule has 4 heteroatoms. The molecule has 0 unspecified atom stereocenters. The largest absolute Gasteiger partial charge is 0.456 e. The molecule has 0 aliphatic carbocycles. The lowest BCUT2D eigenvalue weighted by Gasteiger charge is -2.09. The Kier molecular flexibility index (Phi) is 5.87. The molecule has 0 saturated heterocycles. The molecule has 0 amide bonds. The highest BCUT2D eigenvalue weighted by molar-refractivity contribution is 6.07. The van der Waals surface area contributed by atoms with E-state index < -0.39 is 6.04 Å². The van der Waals surface area contributed by atoms with Gasteiger partial charge in [-0.05, 0) is 63.7 Å². The predicted molar refractivity (Wildman–Crippen MR) is 200 cm³/mol. The fourth-order valence-electron chi connectivity index (χ4n) is 6.11. The van der Waals surface area contributed by atoms with Gasteiger partial charge in [0.15, 0.2) is 17.5 Å². The predicted octanol–water partition coefficient (Wildman–Crippen LogP) is 11.8. The molecular weight excluding hydrogens is 599 g/mol. The second-order valence-electron chi connectivity index (χ2n) is 11.7. The first-order valence-corrected chi connectivity index (χ1v) is 15.9. The van der Waals surface area contributed by atoms with E-state index in [2.05, 4.69) is 36.4 Å². The smallest absolute Gasteiger partial charge is 0.164 e. The minimum absolute atomic E-state index is 0.178. The maximum absolute atomic E-state index is 8.37. The van der Waals surface area contributed by atoms with Crippen molar-refractivity contribution in [3.05, 3.63) is 176 Å². The maximum Gasteiger partial charge on any atom is 0.164 e. The van der Waals surface area contributed by atoms with E-state index in [9.17, 15) is 0 Å². The topological polar surface area (TPSA) is 51.8 Å². The van der Waals surface area contributed by atoms with E-state index in [1.54, 1.807) is 12.1 Å². The zero-order valence-corrected chi connectivity index (χ0v) is 26.1. The first-order chi connectivity index (χ1) is 26.3. The van der Waals surface area contributed by atoms with Gasteiger partial charge in [-0.3, -0.25) is 0 Å². The van der Waals surface area contributed by atoms with E-state index in [1.165, 1.54) is 0 Å². The lowest BCUT2D eigenvalue weighted by molar-refractivity contribution is 0.669. The standard InChI is InChI=1S/C45H29N3O/c1-4-10-30(11-5-1)32-16-18-34(19-17-32)37-24-26-41-39(28-37)40-29-38(25-27-42(40)49-41)45-47-43(35-14-8-3-9-15-35)46-44(48-45)36-22-20-33(21-23-36)31-12-6-2-7-13-31/h1-29H/i1D,4D,5D,10D,11D. The molecule has 0 N–H and O–H groups in total. The SMILES string of the molecule is [2H]c1c([2H])c([2H])c(-c2ccc(-c3ccc4oc5ccc(-c6nc(-c7ccccc7)nc(-c7ccc(-c8ccccc8)cc7)n6)cc5c4c3)cc2)c([2H])c1[2H]. The van der Waals surface area contributed by atoms with Gasteiger partial charge in [0.25, 0.3) is 0 Å². The number of rotatable bonds is 6. The van der Waals surface area contributed by atoms with Crippen molar-refractivity contribution in [3.8, 4) is 67.5 Å². The zero-order valence-electron chi connectivity index (χ0n) is 31.1. The van der Waals surface area contributed by atoms with Crippen LogP contribution in [0.4, 0.5) is 0 Å². The Labute approximate surface area is 291 Å². The van der Waals surface area contributed by atoms with Crippen LogP contribution in [-0.2, 0) is 0 Å². The summed E-state index contributed by atoms with van der Waals surface area (Å²) in [6.07, 6.45) is 0. The fourth-order valence-corrected chi connectivity index (χ4v) is 6.11. The van der Waals surface area contributed by atoms with Gasteiger partial charge in [-0.15, -0.1) is 0 Å². The Morgan fingerprint density at radius 3 is 1.33 bits per heavy atom. The average Bonchev–Trinajstić information content (AvgIpc) is 3.60. The van der Waals surface area contributed by atoms with Crippen LogP contribution in [0.5, 0.6) is 0 Å². The van der Waals surface area contributed by atoms with Crippen molar-refractivity contribution in [1.82, 2.24) is 15.0 Å². The summed E-state index contributed by atoms with van der Waals surface area (Å²) in [4.78, 5) is 14.8. The van der Waals surface area contributed by atoms with Gasteiger partial charge in [0.05, 0.1) is 6.85 Å². The molecule has 0 atom stereocenters. The lowest BCUT2D eigenvalue weighted by Crippen LogP contribution is -2.00. The van der Waals surface area contributed by atoms with Crippen molar-refractivity contribution in [3.63, 3.8) is 0 Å². The van der Waals surface area contributed by atoms with E-state index in [0.717, 1.165) is 60.9 Å². The van der Waals surface area contributed by atoms with Gasteiger partial charge in [-0.2, -0.15) is 0 Å². The van der Waals surface area contributed by atoms with Crippen molar-refractivity contribution in [2.45, 2.75) is 0 Å². The molecule has 0 aliphatic heterocycles. The van der Waals surface area contributed by atoms with Crippen LogP contribution in [0.15, 0.2) is 180 Å². The Morgan fingerprint density at radius 2 is 0.735 bits per heavy atom. The maximum atomic E-state index is 8.37. The normalized spacial score (nSPS) is 12.7. The summed E-state index contributed by atoms with van der Waals surface area (Å²) in [5.41, 5.74) is 8.89. The van der Waals surface area contributed by atoms with E-state index in [1.807, 2.05) is 97.1 Å². The number of hydrogen-bond acceptors (Lipinski definition) is 4. The molecule has 9 rings (SSSR count). The first kappa shape index (κ1) is 23.6. The quantitative estimate of drug-likeness (QED) is 0.183. The summed E-state index contributed by atoms with van der Waals surface area (Å²) in [5.74, 6) is 1.70. The van der Waals surface area contributed by atoms with Gasteiger partial charge >= 0.3 is 0 Å². The molecule has 0 fully saturated rings. The highest BCUT2D eigenvalue weighted by Crippen LogP contribution is 2.36. The molecule has 0 saturated carbocycles. The van der Waals surface area contributed by atoms with Crippen molar-refractivity contribution in [2.24, 2.45) is 0 Å². The van der Waals surface area contributed by atoms with Crippen LogP contribution in [0.1, 0.15) is 6.85 Å². The molecular formula is C45H29N3O. The monoisotopic (exact) mass is 632 g/mol. The second-order valence-corrected chi connectivity index (χ2v) is 11.7. The van der Waals surface area contributed by atoms with Crippen LogP contribution in [0, 0.1) is 0 Å². The molecule has 2 aromatic heterocycles. The van der Waals surface area contributed by atoms with E-state index >= 15 is 0 Å². The van der Waals surface area contributed by atoms with Gasteiger partial charge in [0, 0.05) is 27.5 Å². The highest BCUT2D eigenvalue weighted by atomic mass is 16.3. The minimum atomic E-state index is -0.407. The third-order valence-corrected chi connectivity index (χ3v) is 8.65. The van der Waals surface area contributed by atoms with Gasteiger partial charge in [-0.1, -0.05) is 145 Å². The Morgan fingerprint density at radius 1 is 0.347 bits per heavy atom. The Balaban J connectivity index is 1.11.